The molecule has 0 fully saturated rings. The first-order chi connectivity index (χ1) is 16.1. The highest BCUT2D eigenvalue weighted by Crippen LogP contribution is 2.31. The van der Waals surface area contributed by atoms with Crippen LogP contribution in [0.4, 0.5) is 0 Å². The van der Waals surface area contributed by atoms with Crippen molar-refractivity contribution in [3.05, 3.63) is 93.6 Å². The number of ether oxygens (including phenoxy) is 2. The van der Waals surface area contributed by atoms with E-state index in [-0.39, 0.29) is 11.3 Å². The summed E-state index contributed by atoms with van der Waals surface area (Å²) in [5.41, 5.74) is 2.84. The molecule has 1 aromatic heterocycles. The summed E-state index contributed by atoms with van der Waals surface area (Å²) < 4.78 is 17.3. The van der Waals surface area contributed by atoms with Crippen LogP contribution in [-0.2, 0) is 6.42 Å². The van der Waals surface area contributed by atoms with Gasteiger partial charge in [-0.2, -0.15) is 0 Å². The molecule has 1 N–H and O–H groups in total. The molecule has 1 amide bonds. The average Bonchev–Trinajstić information content (AvgIpc) is 2.86. The smallest absolute Gasteiger partial charge is 0.255 e. The van der Waals surface area contributed by atoms with E-state index in [1.54, 1.807) is 25.1 Å². The maximum Gasteiger partial charge on any atom is 0.255 e. The van der Waals surface area contributed by atoms with Crippen molar-refractivity contribution in [1.82, 2.24) is 5.32 Å². The average molecular weight is 441 g/mol. The molecule has 0 saturated carbocycles. The third-order valence-corrected chi connectivity index (χ3v) is 5.73. The summed E-state index contributed by atoms with van der Waals surface area (Å²) in [6.45, 7) is 3.25. The largest absolute Gasteiger partial charge is 0.486 e. The third-order valence-electron chi connectivity index (χ3n) is 5.73. The van der Waals surface area contributed by atoms with Gasteiger partial charge in [0.1, 0.15) is 19.0 Å². The van der Waals surface area contributed by atoms with E-state index in [0.29, 0.717) is 54.0 Å². The van der Waals surface area contributed by atoms with E-state index in [2.05, 4.69) is 5.32 Å². The van der Waals surface area contributed by atoms with Crippen molar-refractivity contribution in [2.45, 2.75) is 13.3 Å². The number of benzene rings is 3. The molecule has 5 rings (SSSR count). The Balaban J connectivity index is 1.39. The summed E-state index contributed by atoms with van der Waals surface area (Å²) in [5, 5.41) is 3.33. The van der Waals surface area contributed by atoms with Gasteiger partial charge in [-0.15, -0.1) is 0 Å². The van der Waals surface area contributed by atoms with Gasteiger partial charge in [-0.05, 0) is 43.2 Å². The van der Waals surface area contributed by atoms with Crippen LogP contribution in [0, 0.1) is 6.92 Å². The molecule has 4 aromatic rings. The molecule has 33 heavy (non-hydrogen) atoms. The van der Waals surface area contributed by atoms with Gasteiger partial charge in [0, 0.05) is 17.7 Å². The van der Waals surface area contributed by atoms with Crippen LogP contribution in [0.2, 0.25) is 0 Å². The highest BCUT2D eigenvalue weighted by Gasteiger charge is 2.18. The summed E-state index contributed by atoms with van der Waals surface area (Å²) in [6.07, 6.45) is 0.630. The summed E-state index contributed by atoms with van der Waals surface area (Å²) in [7, 11) is 0. The van der Waals surface area contributed by atoms with Gasteiger partial charge >= 0.3 is 0 Å². The van der Waals surface area contributed by atoms with Crippen LogP contribution in [0.15, 0.2) is 75.9 Å². The van der Waals surface area contributed by atoms with Crippen molar-refractivity contribution in [3.8, 4) is 22.8 Å². The molecule has 0 spiro atoms. The predicted octanol–water partition coefficient (Wildman–Crippen LogP) is 4.51. The van der Waals surface area contributed by atoms with Crippen molar-refractivity contribution in [1.29, 1.82) is 0 Å². The first-order valence-electron chi connectivity index (χ1n) is 10.9. The Bertz CT molecular complexity index is 1390. The molecule has 1 aliphatic heterocycles. The molecule has 0 radical (unpaired) electrons. The van der Waals surface area contributed by atoms with Crippen molar-refractivity contribution in [3.63, 3.8) is 0 Å². The quantitative estimate of drug-likeness (QED) is 0.493. The number of hydrogen-bond donors (Lipinski definition) is 1. The molecule has 0 aliphatic carbocycles. The van der Waals surface area contributed by atoms with E-state index in [4.69, 9.17) is 13.9 Å². The molecule has 0 unspecified atom stereocenters. The molecule has 2 heterocycles. The number of amides is 1. The third kappa shape index (κ3) is 4.07. The van der Waals surface area contributed by atoms with E-state index in [0.717, 1.165) is 22.6 Å². The lowest BCUT2D eigenvalue weighted by atomic mass is 10.0. The van der Waals surface area contributed by atoms with Crippen molar-refractivity contribution in [2.75, 3.05) is 19.8 Å². The number of nitrogens with one attached hydrogen (secondary N) is 1. The topological polar surface area (TPSA) is 77.8 Å². The molecular weight excluding hydrogens is 418 g/mol. The van der Waals surface area contributed by atoms with Crippen LogP contribution < -0.4 is 20.2 Å². The van der Waals surface area contributed by atoms with E-state index >= 15 is 0 Å². The minimum atomic E-state index is -0.288. The second-order valence-corrected chi connectivity index (χ2v) is 7.92. The molecule has 1 aliphatic rings. The number of rotatable bonds is 5. The SMILES string of the molecule is Cc1c(-c2ccccc2)oc2c(C(=O)NCCc3ccc4c(c3)OCCO4)cccc2c1=O. The summed E-state index contributed by atoms with van der Waals surface area (Å²) in [4.78, 5) is 26.0. The van der Waals surface area contributed by atoms with Gasteiger partial charge < -0.3 is 19.2 Å². The molecule has 0 saturated heterocycles. The Morgan fingerprint density at radius 3 is 2.55 bits per heavy atom. The van der Waals surface area contributed by atoms with E-state index in [9.17, 15) is 9.59 Å². The van der Waals surface area contributed by atoms with Crippen molar-refractivity contribution < 1.29 is 18.7 Å². The minimum absolute atomic E-state index is 0.138. The lowest BCUT2D eigenvalue weighted by Gasteiger charge is -2.18. The zero-order valence-corrected chi connectivity index (χ0v) is 18.2. The van der Waals surface area contributed by atoms with Gasteiger partial charge in [0.25, 0.3) is 5.91 Å². The maximum atomic E-state index is 13.0. The van der Waals surface area contributed by atoms with Gasteiger partial charge in [0.05, 0.1) is 10.9 Å². The van der Waals surface area contributed by atoms with Crippen molar-refractivity contribution in [2.24, 2.45) is 0 Å². The number of carbonyl (C=O) groups is 1. The lowest BCUT2D eigenvalue weighted by Crippen LogP contribution is -2.26. The fourth-order valence-electron chi connectivity index (χ4n) is 4.01. The standard InChI is InChI=1S/C27H23NO5/c1-17-24(29)20-8-5-9-21(26(20)33-25(17)19-6-3-2-4-7-19)27(30)28-13-12-18-10-11-22-23(16-18)32-15-14-31-22/h2-11,16H,12-15H2,1H3,(H,28,30). The number of para-hydroxylation sites is 1. The van der Waals surface area contributed by atoms with Gasteiger partial charge in [-0.1, -0.05) is 42.5 Å². The molecule has 6 heteroatoms. The van der Waals surface area contributed by atoms with Crippen LogP contribution in [-0.4, -0.2) is 25.7 Å². The molecular formula is C27H23NO5. The van der Waals surface area contributed by atoms with Gasteiger partial charge in [0.2, 0.25) is 0 Å². The number of fused-ring (bicyclic) bond motifs is 2. The Morgan fingerprint density at radius 2 is 1.73 bits per heavy atom. The second kappa shape index (κ2) is 8.82. The van der Waals surface area contributed by atoms with Crippen LogP contribution in [0.3, 0.4) is 0 Å². The zero-order chi connectivity index (χ0) is 22.8. The van der Waals surface area contributed by atoms with E-state index < -0.39 is 0 Å². The van der Waals surface area contributed by atoms with Crippen LogP contribution >= 0.6 is 0 Å². The normalized spacial score (nSPS) is 12.5. The Labute approximate surface area is 190 Å². The van der Waals surface area contributed by atoms with Crippen molar-refractivity contribution >= 4 is 16.9 Å². The lowest BCUT2D eigenvalue weighted by molar-refractivity contribution is 0.0955. The first kappa shape index (κ1) is 20.8. The van der Waals surface area contributed by atoms with Gasteiger partial charge in [0.15, 0.2) is 22.5 Å². The summed E-state index contributed by atoms with van der Waals surface area (Å²) in [6, 6.07) is 20.3. The highest BCUT2D eigenvalue weighted by atomic mass is 16.6. The first-order valence-corrected chi connectivity index (χ1v) is 10.9. The maximum absolute atomic E-state index is 13.0. The fourth-order valence-corrected chi connectivity index (χ4v) is 4.01. The molecule has 166 valence electrons. The Morgan fingerprint density at radius 1 is 0.939 bits per heavy atom. The predicted molar refractivity (Wildman–Crippen MR) is 126 cm³/mol. The monoisotopic (exact) mass is 441 g/mol. The summed E-state index contributed by atoms with van der Waals surface area (Å²) in [5.74, 6) is 1.66. The molecule has 0 bridgehead atoms. The van der Waals surface area contributed by atoms with Crippen LogP contribution in [0.25, 0.3) is 22.3 Å². The zero-order valence-electron chi connectivity index (χ0n) is 18.2. The second-order valence-electron chi connectivity index (χ2n) is 7.92. The van der Waals surface area contributed by atoms with Crippen LogP contribution in [0.1, 0.15) is 21.5 Å². The number of hydrogen-bond acceptors (Lipinski definition) is 5. The van der Waals surface area contributed by atoms with Crippen LogP contribution in [0.5, 0.6) is 11.5 Å². The highest BCUT2D eigenvalue weighted by molar-refractivity contribution is 6.05. The Hall–Kier alpha value is -4.06. The van der Waals surface area contributed by atoms with Gasteiger partial charge in [-0.3, -0.25) is 9.59 Å². The number of carbonyl (C=O) groups excluding carboxylic acids is 1. The Kier molecular flexibility index (Phi) is 5.57. The fraction of sp³-hybridized carbons (Fsp3) is 0.185. The summed E-state index contributed by atoms with van der Waals surface area (Å²) >= 11 is 0. The molecule has 6 nitrogen and oxygen atoms in total. The molecule has 0 atom stereocenters. The molecule has 3 aromatic carbocycles. The van der Waals surface area contributed by atoms with Gasteiger partial charge in [-0.25, -0.2) is 0 Å². The minimum Gasteiger partial charge on any atom is -0.486 e. The van der Waals surface area contributed by atoms with E-state index in [1.165, 1.54) is 0 Å². The van der Waals surface area contributed by atoms with E-state index in [1.807, 2.05) is 48.5 Å².